The number of hydrogen-bond acceptors (Lipinski definition) is 24. The molecule has 42 heteroatoms. The molecule has 134 heavy (non-hydrogen) atoms. The summed E-state index contributed by atoms with van der Waals surface area (Å²) in [6.45, 7) is 17.5. The van der Waals surface area contributed by atoms with Gasteiger partial charge in [0.25, 0.3) is 82.8 Å². The number of aromatic nitrogens is 10. The molecule has 0 bridgehead atoms. The van der Waals surface area contributed by atoms with Gasteiger partial charge in [0.2, 0.25) is 28.7 Å². The van der Waals surface area contributed by atoms with Gasteiger partial charge in [-0.3, -0.25) is 4.79 Å². The molecule has 4 fully saturated rings. The number of halogens is 4. The molecule has 4 aliphatic rings. The Labute approximate surface area is 793 Å². The highest BCUT2D eigenvalue weighted by molar-refractivity contribution is 9.13. The van der Waals surface area contributed by atoms with Crippen LogP contribution in [0, 0.1) is 71.8 Å². The molecule has 10 aromatic carbocycles. The Bertz CT molecular complexity index is 6720. The number of carbonyl (C=O) groups is 5. The normalized spacial score (nSPS) is 14.5. The first-order chi connectivity index (χ1) is 63.2. The molecule has 38 nitrogen and oxygen atoms in total. The summed E-state index contributed by atoms with van der Waals surface area (Å²) in [5, 5.41) is 128. The van der Waals surface area contributed by atoms with E-state index in [0.29, 0.717) is 104 Å². The van der Waals surface area contributed by atoms with Crippen molar-refractivity contribution in [2.75, 3.05) is 133 Å². The summed E-state index contributed by atoms with van der Waals surface area (Å²) in [6, 6.07) is 45.3. The Kier molecular flexibility index (Phi) is 29.9. The summed E-state index contributed by atoms with van der Waals surface area (Å²) >= 11 is 18.7. The lowest BCUT2D eigenvalue weighted by Crippen LogP contribution is -2.48. The first-order valence-electron chi connectivity index (χ1n) is 41.6. The fourth-order valence-electron chi connectivity index (χ4n) is 15.3. The number of amides is 4. The number of piperazine rings is 4. The molecular formula is C92H94Br2Cl2N18O20. The van der Waals surface area contributed by atoms with E-state index in [1.807, 2.05) is 42.0 Å². The molecule has 15 aromatic rings. The van der Waals surface area contributed by atoms with Crippen LogP contribution in [0.5, 0.6) is 28.7 Å². The number of esters is 1. The van der Waals surface area contributed by atoms with Crippen LogP contribution >= 0.6 is 55.1 Å². The number of hydrogen-bond donors (Lipinski definition) is 0. The molecule has 0 radical (unpaired) electrons. The summed E-state index contributed by atoms with van der Waals surface area (Å²) in [5.41, 5.74) is 4.56. The molecule has 0 aliphatic carbocycles. The van der Waals surface area contributed by atoms with Crippen molar-refractivity contribution in [1.29, 1.82) is 0 Å². The molecule has 19 rings (SSSR count). The molecule has 0 unspecified atom stereocenters. The van der Waals surface area contributed by atoms with Crippen LogP contribution in [0.15, 0.2) is 185 Å². The third-order valence-corrected chi connectivity index (χ3v) is 25.7. The van der Waals surface area contributed by atoms with Crippen molar-refractivity contribution in [1.82, 2.24) is 39.2 Å². The summed E-state index contributed by atoms with van der Waals surface area (Å²) in [4.78, 5) is 76.7. The predicted molar refractivity (Wildman–Crippen MR) is 506 cm³/mol. The van der Waals surface area contributed by atoms with E-state index in [-0.39, 0.29) is 170 Å². The van der Waals surface area contributed by atoms with Gasteiger partial charge in [-0.25, -0.2) is 19.2 Å². The van der Waals surface area contributed by atoms with E-state index < -0.39 is 30.3 Å². The van der Waals surface area contributed by atoms with Crippen molar-refractivity contribution in [3.8, 4) is 28.7 Å². The van der Waals surface area contributed by atoms with Crippen LogP contribution in [0.3, 0.4) is 0 Å². The zero-order valence-electron chi connectivity index (χ0n) is 72.4. The van der Waals surface area contributed by atoms with Gasteiger partial charge in [0.1, 0.15) is 0 Å². The molecule has 9 heterocycles. The molecule has 0 N–H and O–H groups in total. The number of fused-ring (bicyclic) bond motifs is 10. The number of rotatable bonds is 6. The Morgan fingerprint density at radius 3 is 0.739 bits per heavy atom. The Hall–Kier alpha value is -13.9. The first-order valence-corrected chi connectivity index (χ1v) is 44.0. The summed E-state index contributed by atoms with van der Waals surface area (Å²) in [5.74, 6) is -0.483. The molecule has 0 atom stereocenters. The molecule has 4 amide bonds. The molecule has 4 aliphatic heterocycles. The average molecular weight is 2000 g/mol. The summed E-state index contributed by atoms with van der Waals surface area (Å²) in [7, 11) is 7.95. The summed E-state index contributed by atoms with van der Waals surface area (Å²) in [6.07, 6.45) is -2.13. The lowest BCUT2D eigenvalue weighted by molar-refractivity contribution is -0.591. The van der Waals surface area contributed by atoms with Gasteiger partial charge in [0.05, 0.1) is 16.0 Å². The van der Waals surface area contributed by atoms with Crippen LogP contribution in [0.25, 0.3) is 110 Å². The van der Waals surface area contributed by atoms with E-state index in [2.05, 4.69) is 51.5 Å². The number of benzene rings is 10. The zero-order valence-corrected chi connectivity index (χ0v) is 77.0. The van der Waals surface area contributed by atoms with E-state index >= 15 is 0 Å². The second-order valence-electron chi connectivity index (χ2n) is 32.2. The van der Waals surface area contributed by atoms with Crippen LogP contribution in [-0.2, 0) is 4.79 Å². The largest absolute Gasteiger partial charge is 0.617 e. The zero-order chi connectivity index (χ0) is 94.1. The molecule has 0 saturated carbocycles. The molecule has 4 saturated heterocycles. The predicted octanol–water partition coefficient (Wildman–Crippen LogP) is 10.6. The van der Waals surface area contributed by atoms with E-state index in [1.165, 1.54) is 66.7 Å². The second kappa shape index (κ2) is 41.1. The first kappa shape index (κ1) is 97.7. The minimum atomic E-state index is -0.563. The highest BCUT2D eigenvalue weighted by Gasteiger charge is 2.36. The maximum Gasteiger partial charge on any atom is 0.415 e. The maximum atomic E-state index is 13.1. The van der Waals surface area contributed by atoms with Gasteiger partial charge in [-0.05, 0) is 115 Å². The Morgan fingerprint density at radius 2 is 0.478 bits per heavy atom. The van der Waals surface area contributed by atoms with Crippen LogP contribution in [0.2, 0.25) is 10.0 Å². The van der Waals surface area contributed by atoms with Gasteiger partial charge >= 0.3 is 57.9 Å². The van der Waals surface area contributed by atoms with Crippen LogP contribution < -0.4 is 71.0 Å². The van der Waals surface area contributed by atoms with Crippen LogP contribution in [-0.4, -0.2) is 202 Å². The number of ether oxygens (including phenoxy) is 5. The van der Waals surface area contributed by atoms with Crippen molar-refractivity contribution in [3.63, 3.8) is 0 Å². The van der Waals surface area contributed by atoms with Crippen molar-refractivity contribution < 1.29 is 95.0 Å². The van der Waals surface area contributed by atoms with Crippen LogP contribution in [0.4, 0.5) is 19.2 Å². The van der Waals surface area contributed by atoms with E-state index in [4.69, 9.17) is 46.9 Å². The quantitative estimate of drug-likeness (QED) is 0.0490. The van der Waals surface area contributed by atoms with Crippen molar-refractivity contribution in [2.45, 2.75) is 42.5 Å². The number of aryl methyl sites for hydroxylation is 2. The standard InChI is InChI=1S/C20H22N4O4.C18H16Br2N4O4.C18H16Cl2N4O4.C18H18N4O4.C16H14N2O4.2CH4/c1-13-11-16-17(12-14(13)2)24(27)19-15(23(16)26)5-4-6-18(19)28-20(25)22-9-7-21(3)8-10-22;2*1-21-5-7-22(8-6-21)18(25)28-16-4-2-3-13-17(16)24(27)15-10-12(20)11(19)9-14(15)23(13)26;1-19-9-11-20(12-10-19)18(23)26-16-8-4-7-15-17(16)22(25)14-6-3-2-5-13(14)21(15)24;1-10(2)16(19)22-14-9-5-8-13-15(14)18(21)12-7-4-3-6-11(12)17(13)20;;/h4-6,11-12H,7-10H2,1-3H3;2*2-4,9-10H,5-8H2,1H3;2-8H,9-12H2,1H3;3-10H,1-2H3;2*1H4. The van der Waals surface area contributed by atoms with Crippen molar-refractivity contribution in [3.05, 3.63) is 258 Å². The lowest BCUT2D eigenvalue weighted by Gasteiger charge is -2.31. The average Bonchev–Trinajstić information content (AvgIpc) is 0.758. The smallest absolute Gasteiger partial charge is 0.415 e. The van der Waals surface area contributed by atoms with E-state index in [1.54, 1.807) is 143 Å². The van der Waals surface area contributed by atoms with E-state index in [0.717, 1.165) is 68.2 Å². The van der Waals surface area contributed by atoms with Gasteiger partial charge in [-0.2, -0.15) is 47.3 Å². The highest BCUT2D eigenvalue weighted by Crippen LogP contribution is 2.34. The van der Waals surface area contributed by atoms with E-state index in [9.17, 15) is 76.0 Å². The van der Waals surface area contributed by atoms with Gasteiger partial charge in [-0.15, -0.1) is 0 Å². The number of para-hydroxylation sites is 9. The Morgan fingerprint density at radius 1 is 0.284 bits per heavy atom. The monoisotopic (exact) mass is 2000 g/mol. The molecular weight excluding hydrogens is 1910 g/mol. The summed E-state index contributed by atoms with van der Waals surface area (Å²) < 4.78 is 35.0. The van der Waals surface area contributed by atoms with Gasteiger partial charge in [-0.1, -0.05) is 106 Å². The lowest BCUT2D eigenvalue weighted by atomic mass is 10.1. The molecule has 700 valence electrons. The second-order valence-corrected chi connectivity index (χ2v) is 34.7. The maximum absolute atomic E-state index is 13.1. The minimum Gasteiger partial charge on any atom is -0.617 e. The molecule has 0 spiro atoms. The van der Waals surface area contributed by atoms with Gasteiger partial charge in [0, 0.05) is 205 Å². The number of likely N-dealkylation sites (N-methyl/N-ethyl adjacent to an activating group) is 4. The SMILES string of the molecule is C.C.CC(C)C(=O)Oc1cccc2c1[n+]([O-])c1ccccc1[n+]2[O-].CN1CCN(C(=O)Oc2cccc3c2[n+]([O-])c2cc(Br)c(Br)cc2[n+]3[O-])CC1.CN1CCN(C(=O)Oc2cccc3c2[n+]([O-])c2cc(Cl)c(Cl)cc2[n+]3[O-])CC1.CN1CCN(C(=O)Oc2cccc3c2[n+]([O-])c2ccccc2[n+]3[O-])CC1.Cc1cc2c(cc1C)[n+]([O-])c1c(OC(=O)N3CCN(C)CC3)cccc1[n+]2[O-]. The fraction of sp³-hybridized carbons (Fsp3) is 0.293. The topological polar surface area (TPSA) is 427 Å². The minimum absolute atomic E-state index is 0. The van der Waals surface area contributed by atoms with Crippen LogP contribution in [0.1, 0.15) is 39.8 Å². The van der Waals surface area contributed by atoms with Crippen molar-refractivity contribution >= 4 is 196 Å². The molecule has 5 aromatic heterocycles. The fourth-order valence-corrected chi connectivity index (χ4v) is 16.3. The van der Waals surface area contributed by atoms with Gasteiger partial charge < -0.3 is 115 Å². The number of carbonyl (C=O) groups excluding carboxylic acids is 5. The Balaban J connectivity index is 0.000000142. The highest BCUT2D eigenvalue weighted by atomic mass is 79.9. The third-order valence-electron chi connectivity index (χ3n) is 23.1. The van der Waals surface area contributed by atoms with Gasteiger partial charge in [0.15, 0.2) is 0 Å². The third kappa shape index (κ3) is 19.8. The number of nitrogens with zero attached hydrogens (tertiary/aromatic N) is 18. The van der Waals surface area contributed by atoms with Crippen molar-refractivity contribution in [2.24, 2.45) is 5.92 Å².